The second-order valence-corrected chi connectivity index (χ2v) is 6.12. The Labute approximate surface area is 127 Å². The van der Waals surface area contributed by atoms with Gasteiger partial charge in [-0.1, -0.05) is 18.2 Å². The largest absolute Gasteiger partial charge is 0.465 e. The SMILES string of the molecule is CCOC(=O)C(C)(N)CCCN1c2ccccc2CC1C. The topological polar surface area (TPSA) is 55.6 Å². The van der Waals surface area contributed by atoms with E-state index in [1.807, 2.05) is 0 Å². The number of hydrogen-bond acceptors (Lipinski definition) is 4. The number of anilines is 1. The average Bonchev–Trinajstić information content (AvgIpc) is 2.75. The van der Waals surface area contributed by atoms with Crippen molar-refractivity contribution in [3.63, 3.8) is 0 Å². The van der Waals surface area contributed by atoms with E-state index in [9.17, 15) is 4.79 Å². The van der Waals surface area contributed by atoms with Crippen LogP contribution in [0.15, 0.2) is 24.3 Å². The van der Waals surface area contributed by atoms with Gasteiger partial charge in [0.2, 0.25) is 0 Å². The molecule has 1 heterocycles. The summed E-state index contributed by atoms with van der Waals surface area (Å²) in [5, 5.41) is 0. The van der Waals surface area contributed by atoms with Crippen molar-refractivity contribution in [2.45, 2.75) is 51.6 Å². The predicted molar refractivity (Wildman–Crippen MR) is 85.4 cm³/mol. The van der Waals surface area contributed by atoms with Gasteiger partial charge in [0.25, 0.3) is 0 Å². The quantitative estimate of drug-likeness (QED) is 0.818. The number of para-hydroxylation sites is 1. The summed E-state index contributed by atoms with van der Waals surface area (Å²) in [6.45, 7) is 7.10. The first kappa shape index (κ1) is 15.8. The van der Waals surface area contributed by atoms with Crippen LogP contribution in [0, 0.1) is 0 Å². The fraction of sp³-hybridized carbons (Fsp3) is 0.588. The van der Waals surface area contributed by atoms with E-state index in [-0.39, 0.29) is 5.97 Å². The molecule has 4 heteroatoms. The van der Waals surface area contributed by atoms with E-state index < -0.39 is 5.54 Å². The number of nitrogens with two attached hydrogens (primary N) is 1. The van der Waals surface area contributed by atoms with E-state index in [2.05, 4.69) is 36.1 Å². The molecule has 2 unspecified atom stereocenters. The molecule has 2 rings (SSSR count). The lowest BCUT2D eigenvalue weighted by molar-refractivity contribution is -0.149. The van der Waals surface area contributed by atoms with Crippen molar-refractivity contribution in [3.8, 4) is 0 Å². The zero-order chi connectivity index (χ0) is 15.5. The summed E-state index contributed by atoms with van der Waals surface area (Å²) < 4.78 is 5.03. The Bertz CT molecular complexity index is 499. The molecule has 21 heavy (non-hydrogen) atoms. The third-order valence-electron chi connectivity index (χ3n) is 4.19. The van der Waals surface area contributed by atoms with E-state index in [1.54, 1.807) is 13.8 Å². The maximum atomic E-state index is 11.8. The second kappa shape index (κ2) is 6.48. The Balaban J connectivity index is 1.91. The van der Waals surface area contributed by atoms with Gasteiger partial charge in [0.05, 0.1) is 6.61 Å². The molecule has 2 N–H and O–H groups in total. The summed E-state index contributed by atoms with van der Waals surface area (Å²) in [6, 6.07) is 9.04. The molecule has 116 valence electrons. The third-order valence-corrected chi connectivity index (χ3v) is 4.19. The van der Waals surface area contributed by atoms with Gasteiger partial charge >= 0.3 is 5.97 Å². The zero-order valence-corrected chi connectivity index (χ0v) is 13.3. The van der Waals surface area contributed by atoms with E-state index in [0.717, 1.165) is 19.4 Å². The summed E-state index contributed by atoms with van der Waals surface area (Å²) in [4.78, 5) is 14.2. The minimum atomic E-state index is -0.890. The lowest BCUT2D eigenvalue weighted by Crippen LogP contribution is -2.46. The van der Waals surface area contributed by atoms with Crippen molar-refractivity contribution in [1.29, 1.82) is 0 Å². The highest BCUT2D eigenvalue weighted by atomic mass is 16.5. The summed E-state index contributed by atoms with van der Waals surface area (Å²) in [7, 11) is 0. The van der Waals surface area contributed by atoms with Gasteiger partial charge in [0.15, 0.2) is 0 Å². The number of hydrogen-bond donors (Lipinski definition) is 1. The van der Waals surface area contributed by atoms with Crippen LogP contribution in [-0.2, 0) is 16.0 Å². The third kappa shape index (κ3) is 3.56. The molecule has 0 saturated carbocycles. The first-order valence-corrected chi connectivity index (χ1v) is 7.76. The van der Waals surface area contributed by atoms with E-state index in [0.29, 0.717) is 19.1 Å². The number of esters is 1. The molecule has 0 saturated heterocycles. The number of ether oxygens (including phenoxy) is 1. The Morgan fingerprint density at radius 3 is 2.90 bits per heavy atom. The molecule has 1 aliphatic rings. The number of fused-ring (bicyclic) bond motifs is 1. The van der Waals surface area contributed by atoms with Gasteiger partial charge in [0, 0.05) is 18.3 Å². The molecule has 2 atom stereocenters. The number of carbonyl (C=O) groups is 1. The summed E-state index contributed by atoms with van der Waals surface area (Å²) in [5.74, 6) is -0.306. The van der Waals surface area contributed by atoms with Gasteiger partial charge in [-0.15, -0.1) is 0 Å². The smallest absolute Gasteiger partial charge is 0.325 e. The first-order chi connectivity index (χ1) is 9.95. The molecule has 0 bridgehead atoms. The molecule has 4 nitrogen and oxygen atoms in total. The normalized spacial score (nSPS) is 20.0. The van der Waals surface area contributed by atoms with E-state index in [1.165, 1.54) is 11.3 Å². The van der Waals surface area contributed by atoms with Gasteiger partial charge in [-0.2, -0.15) is 0 Å². The fourth-order valence-electron chi connectivity index (χ4n) is 2.99. The van der Waals surface area contributed by atoms with Crippen LogP contribution in [0.2, 0.25) is 0 Å². The summed E-state index contributed by atoms with van der Waals surface area (Å²) in [6.07, 6.45) is 2.61. The van der Waals surface area contributed by atoms with Crippen LogP contribution in [0.5, 0.6) is 0 Å². The zero-order valence-electron chi connectivity index (χ0n) is 13.3. The number of carbonyl (C=O) groups excluding carboxylic acids is 1. The van der Waals surface area contributed by atoms with Crippen molar-refractivity contribution in [3.05, 3.63) is 29.8 Å². The summed E-state index contributed by atoms with van der Waals surface area (Å²) >= 11 is 0. The van der Waals surface area contributed by atoms with Crippen molar-refractivity contribution >= 4 is 11.7 Å². The number of nitrogens with zero attached hydrogens (tertiary/aromatic N) is 1. The van der Waals surface area contributed by atoms with Gasteiger partial charge in [-0.3, -0.25) is 4.79 Å². The van der Waals surface area contributed by atoms with Crippen LogP contribution in [0.4, 0.5) is 5.69 Å². The molecule has 0 aliphatic carbocycles. The average molecular weight is 290 g/mol. The maximum Gasteiger partial charge on any atom is 0.325 e. The van der Waals surface area contributed by atoms with Crippen LogP contribution in [0.1, 0.15) is 39.2 Å². The predicted octanol–water partition coefficient (Wildman–Crippen LogP) is 2.50. The van der Waals surface area contributed by atoms with E-state index in [4.69, 9.17) is 10.5 Å². The Kier molecular flexibility index (Phi) is 4.88. The minimum Gasteiger partial charge on any atom is -0.465 e. The lowest BCUT2D eigenvalue weighted by atomic mass is 9.97. The molecule has 1 aromatic rings. The molecule has 1 aliphatic heterocycles. The second-order valence-electron chi connectivity index (χ2n) is 6.12. The fourth-order valence-corrected chi connectivity index (χ4v) is 2.99. The molecule has 1 aromatic carbocycles. The Morgan fingerprint density at radius 2 is 2.19 bits per heavy atom. The molecule has 0 spiro atoms. The number of benzene rings is 1. The van der Waals surface area contributed by atoms with Gasteiger partial charge in [-0.25, -0.2) is 0 Å². The van der Waals surface area contributed by atoms with Gasteiger partial charge < -0.3 is 15.4 Å². The Hall–Kier alpha value is -1.55. The van der Waals surface area contributed by atoms with Crippen molar-refractivity contribution in [1.82, 2.24) is 0 Å². The first-order valence-electron chi connectivity index (χ1n) is 7.76. The molecule has 0 fully saturated rings. The van der Waals surface area contributed by atoms with Crippen LogP contribution in [0.25, 0.3) is 0 Å². The highest BCUT2D eigenvalue weighted by Gasteiger charge is 2.31. The Morgan fingerprint density at radius 1 is 1.48 bits per heavy atom. The highest BCUT2D eigenvalue weighted by Crippen LogP contribution is 2.32. The molecular formula is C17H26N2O2. The molecule has 0 amide bonds. The maximum absolute atomic E-state index is 11.8. The molecular weight excluding hydrogens is 264 g/mol. The minimum absolute atomic E-state index is 0.306. The lowest BCUT2D eigenvalue weighted by Gasteiger charge is -2.27. The van der Waals surface area contributed by atoms with Gasteiger partial charge in [0.1, 0.15) is 5.54 Å². The van der Waals surface area contributed by atoms with Crippen molar-refractivity contribution in [2.24, 2.45) is 5.73 Å². The van der Waals surface area contributed by atoms with Crippen LogP contribution >= 0.6 is 0 Å². The van der Waals surface area contributed by atoms with Crippen LogP contribution in [-0.4, -0.2) is 30.7 Å². The monoisotopic (exact) mass is 290 g/mol. The van der Waals surface area contributed by atoms with Crippen LogP contribution < -0.4 is 10.6 Å². The standard InChI is InChI=1S/C17H26N2O2/c1-4-21-16(20)17(3,18)10-7-11-19-13(2)12-14-8-5-6-9-15(14)19/h5-6,8-9,13H,4,7,10-12,18H2,1-3H3. The molecule has 0 radical (unpaired) electrons. The summed E-state index contributed by atoms with van der Waals surface area (Å²) in [5.41, 5.74) is 7.90. The highest BCUT2D eigenvalue weighted by molar-refractivity contribution is 5.79. The van der Waals surface area contributed by atoms with E-state index >= 15 is 0 Å². The van der Waals surface area contributed by atoms with Crippen molar-refractivity contribution in [2.75, 3.05) is 18.1 Å². The molecule has 0 aromatic heterocycles. The van der Waals surface area contributed by atoms with Gasteiger partial charge in [-0.05, 0) is 51.7 Å². The van der Waals surface area contributed by atoms with Crippen LogP contribution in [0.3, 0.4) is 0 Å². The number of rotatable bonds is 6. The van der Waals surface area contributed by atoms with Crippen molar-refractivity contribution < 1.29 is 9.53 Å².